The molecule has 4 nitrogen and oxygen atoms in total. The number of rotatable bonds is 6. The normalized spacial score (nSPS) is 15.1. The largest absolute Gasteiger partial charge is 0.386 e. The number of carbonyl (C=O) groups excluding carboxylic acids is 1. The molecule has 144 valence electrons. The van der Waals surface area contributed by atoms with Crippen molar-refractivity contribution in [3.63, 3.8) is 0 Å². The molecule has 4 heteroatoms. The molecule has 1 N–H and O–H groups in total. The van der Waals surface area contributed by atoms with E-state index in [-0.39, 0.29) is 11.5 Å². The molecule has 1 amide bonds. The zero-order valence-electron chi connectivity index (χ0n) is 16.4. The first-order chi connectivity index (χ1) is 13.7. The number of aryl methyl sites for hydroxylation is 1. The fourth-order valence-corrected chi connectivity index (χ4v) is 3.69. The number of nitrogens with zero attached hydrogens (tertiary/aromatic N) is 2. The molecular weight excluding hydrogens is 346 g/mol. The molecule has 1 fully saturated rings. The van der Waals surface area contributed by atoms with Gasteiger partial charge in [-0.2, -0.15) is 5.26 Å². The first-order valence-electron chi connectivity index (χ1n) is 9.88. The molecule has 0 bridgehead atoms. The van der Waals surface area contributed by atoms with Crippen molar-refractivity contribution in [2.75, 3.05) is 13.1 Å². The minimum atomic E-state index is -0.169. The van der Waals surface area contributed by atoms with E-state index in [0.717, 1.165) is 24.8 Å². The lowest BCUT2D eigenvalue weighted by molar-refractivity contribution is -0.128. The van der Waals surface area contributed by atoms with E-state index in [2.05, 4.69) is 41.7 Å². The van der Waals surface area contributed by atoms with Gasteiger partial charge in [0, 0.05) is 25.8 Å². The van der Waals surface area contributed by atoms with Crippen LogP contribution in [0.15, 0.2) is 66.4 Å². The van der Waals surface area contributed by atoms with E-state index in [4.69, 9.17) is 0 Å². The molecule has 1 aliphatic heterocycles. The number of hydrogen-bond acceptors (Lipinski definition) is 3. The summed E-state index contributed by atoms with van der Waals surface area (Å²) < 4.78 is 0. The Bertz CT molecular complexity index is 859. The Kier molecular flexibility index (Phi) is 6.86. The minimum Gasteiger partial charge on any atom is -0.386 e. The highest BCUT2D eigenvalue weighted by atomic mass is 16.2. The summed E-state index contributed by atoms with van der Waals surface area (Å²) in [6.45, 7) is 4.07. The van der Waals surface area contributed by atoms with Crippen LogP contribution in [-0.4, -0.2) is 23.9 Å². The van der Waals surface area contributed by atoms with Gasteiger partial charge in [-0.1, -0.05) is 60.2 Å². The summed E-state index contributed by atoms with van der Waals surface area (Å²) in [4.78, 5) is 14.5. The van der Waals surface area contributed by atoms with Crippen LogP contribution in [0.2, 0.25) is 0 Å². The third-order valence-corrected chi connectivity index (χ3v) is 5.25. The SMILES string of the molecule is Cc1cccc(CN/C=C(/C#N)C(=O)N2CCC(Cc3ccccc3)CC2)c1. The first-order valence-corrected chi connectivity index (χ1v) is 9.88. The highest BCUT2D eigenvalue weighted by molar-refractivity contribution is 5.97. The average Bonchev–Trinajstić information content (AvgIpc) is 2.72. The second kappa shape index (κ2) is 9.75. The van der Waals surface area contributed by atoms with Crippen LogP contribution in [0, 0.1) is 24.2 Å². The Labute approximate surface area is 167 Å². The summed E-state index contributed by atoms with van der Waals surface area (Å²) in [5, 5.41) is 12.5. The van der Waals surface area contributed by atoms with Gasteiger partial charge in [-0.25, -0.2) is 0 Å². The minimum absolute atomic E-state index is 0.169. The van der Waals surface area contributed by atoms with Gasteiger partial charge in [-0.05, 0) is 43.2 Å². The molecule has 3 rings (SSSR count). The topological polar surface area (TPSA) is 56.1 Å². The molecule has 1 heterocycles. The second-order valence-corrected chi connectivity index (χ2v) is 7.47. The van der Waals surface area contributed by atoms with E-state index in [9.17, 15) is 10.1 Å². The van der Waals surface area contributed by atoms with Gasteiger partial charge in [0.2, 0.25) is 0 Å². The van der Waals surface area contributed by atoms with Crippen molar-refractivity contribution in [2.24, 2.45) is 5.92 Å². The number of hydrogen-bond donors (Lipinski definition) is 1. The molecule has 0 unspecified atom stereocenters. The van der Waals surface area contributed by atoms with Crippen LogP contribution in [0.1, 0.15) is 29.5 Å². The molecule has 1 saturated heterocycles. The van der Waals surface area contributed by atoms with Crippen LogP contribution >= 0.6 is 0 Å². The van der Waals surface area contributed by atoms with Gasteiger partial charge < -0.3 is 10.2 Å². The van der Waals surface area contributed by atoms with Crippen molar-refractivity contribution in [2.45, 2.75) is 32.7 Å². The van der Waals surface area contributed by atoms with Gasteiger partial charge in [0.1, 0.15) is 11.6 Å². The van der Waals surface area contributed by atoms with Gasteiger partial charge in [0.25, 0.3) is 5.91 Å². The molecule has 0 aliphatic carbocycles. The summed E-state index contributed by atoms with van der Waals surface area (Å²) in [5.41, 5.74) is 3.85. The predicted octanol–water partition coefficient (Wildman–Crippen LogP) is 3.97. The third kappa shape index (κ3) is 5.47. The standard InChI is InChI=1S/C24H27N3O/c1-19-6-5-9-22(14-19)17-26-18-23(16-25)24(28)27-12-10-21(11-13-27)15-20-7-3-2-4-8-20/h2-9,14,18,21,26H,10-13,15,17H2,1H3/b23-18-. The summed E-state index contributed by atoms with van der Waals surface area (Å²) in [6.07, 6.45) is 4.58. The Morgan fingerprint density at radius 2 is 1.86 bits per heavy atom. The van der Waals surface area contributed by atoms with Gasteiger partial charge in [0.15, 0.2) is 0 Å². The Balaban J connectivity index is 1.50. The Hall–Kier alpha value is -3.06. The number of carbonyl (C=O) groups is 1. The Morgan fingerprint density at radius 3 is 2.54 bits per heavy atom. The Morgan fingerprint density at radius 1 is 1.14 bits per heavy atom. The number of nitriles is 1. The maximum Gasteiger partial charge on any atom is 0.265 e. The van der Waals surface area contributed by atoms with Crippen LogP contribution in [0.3, 0.4) is 0 Å². The van der Waals surface area contributed by atoms with Crippen molar-refractivity contribution >= 4 is 5.91 Å². The lowest BCUT2D eigenvalue weighted by Crippen LogP contribution is -2.39. The molecule has 2 aromatic carbocycles. The van der Waals surface area contributed by atoms with Gasteiger partial charge >= 0.3 is 0 Å². The van der Waals surface area contributed by atoms with Crippen LogP contribution in [0.25, 0.3) is 0 Å². The average molecular weight is 374 g/mol. The lowest BCUT2D eigenvalue weighted by Gasteiger charge is -2.32. The number of benzene rings is 2. The zero-order valence-corrected chi connectivity index (χ0v) is 16.4. The quantitative estimate of drug-likeness (QED) is 0.616. The monoisotopic (exact) mass is 373 g/mol. The molecule has 28 heavy (non-hydrogen) atoms. The number of amides is 1. The fraction of sp³-hybridized carbons (Fsp3) is 0.333. The van der Waals surface area contributed by atoms with Crippen LogP contribution in [-0.2, 0) is 17.8 Å². The predicted molar refractivity (Wildman–Crippen MR) is 111 cm³/mol. The molecule has 0 saturated carbocycles. The van der Waals surface area contributed by atoms with E-state index in [0.29, 0.717) is 25.6 Å². The highest BCUT2D eigenvalue weighted by Crippen LogP contribution is 2.22. The number of piperidine rings is 1. The zero-order chi connectivity index (χ0) is 19.8. The molecule has 0 aromatic heterocycles. The number of nitrogens with one attached hydrogen (secondary N) is 1. The first kappa shape index (κ1) is 19.7. The van der Waals surface area contributed by atoms with E-state index in [1.807, 2.05) is 36.1 Å². The van der Waals surface area contributed by atoms with Gasteiger partial charge in [0.05, 0.1) is 0 Å². The van der Waals surface area contributed by atoms with Crippen molar-refractivity contribution in [1.82, 2.24) is 10.2 Å². The van der Waals surface area contributed by atoms with Crippen molar-refractivity contribution in [1.29, 1.82) is 5.26 Å². The van der Waals surface area contributed by atoms with E-state index < -0.39 is 0 Å². The molecule has 1 aliphatic rings. The molecule has 2 aromatic rings. The van der Waals surface area contributed by atoms with Gasteiger partial charge in [-0.15, -0.1) is 0 Å². The molecule has 0 radical (unpaired) electrons. The van der Waals surface area contributed by atoms with E-state index in [1.54, 1.807) is 6.20 Å². The van der Waals surface area contributed by atoms with E-state index in [1.165, 1.54) is 11.1 Å². The molecular formula is C24H27N3O. The van der Waals surface area contributed by atoms with Crippen LogP contribution < -0.4 is 5.32 Å². The fourth-order valence-electron chi connectivity index (χ4n) is 3.69. The lowest BCUT2D eigenvalue weighted by atomic mass is 9.90. The summed E-state index contributed by atoms with van der Waals surface area (Å²) in [5.74, 6) is 0.429. The molecule has 0 atom stereocenters. The maximum atomic E-state index is 12.7. The second-order valence-electron chi connectivity index (χ2n) is 7.47. The summed E-state index contributed by atoms with van der Waals surface area (Å²) in [7, 11) is 0. The van der Waals surface area contributed by atoms with Crippen molar-refractivity contribution in [3.05, 3.63) is 83.1 Å². The van der Waals surface area contributed by atoms with Crippen molar-refractivity contribution in [3.8, 4) is 6.07 Å². The smallest absolute Gasteiger partial charge is 0.265 e. The van der Waals surface area contributed by atoms with Crippen LogP contribution in [0.5, 0.6) is 0 Å². The summed E-state index contributed by atoms with van der Waals surface area (Å²) >= 11 is 0. The van der Waals surface area contributed by atoms with Crippen LogP contribution in [0.4, 0.5) is 0 Å². The summed E-state index contributed by atoms with van der Waals surface area (Å²) in [6, 6.07) is 20.7. The number of likely N-dealkylation sites (tertiary alicyclic amines) is 1. The highest BCUT2D eigenvalue weighted by Gasteiger charge is 2.25. The van der Waals surface area contributed by atoms with E-state index >= 15 is 0 Å². The van der Waals surface area contributed by atoms with Crippen molar-refractivity contribution < 1.29 is 4.79 Å². The molecule has 0 spiro atoms. The third-order valence-electron chi connectivity index (χ3n) is 5.25. The maximum absolute atomic E-state index is 12.7. The van der Waals surface area contributed by atoms with Gasteiger partial charge in [-0.3, -0.25) is 4.79 Å².